The second-order valence-electron chi connectivity index (χ2n) is 24.1. The number of ether oxygens (including phenoxy) is 3. The normalized spacial score (nSPS) is 12.6. The third-order valence-electron chi connectivity index (χ3n) is 15.9. The summed E-state index contributed by atoms with van der Waals surface area (Å²) in [5.41, 5.74) is 0. The topological polar surface area (TPSA) is 78.9 Å². The first kappa shape index (κ1) is 79.6. The largest absolute Gasteiger partial charge is 0.462 e. The maximum absolute atomic E-state index is 13.0. The van der Waals surface area contributed by atoms with Crippen LogP contribution in [0.15, 0.2) is 85.1 Å². The molecule has 0 heterocycles. The lowest BCUT2D eigenvalue weighted by Gasteiger charge is -2.18. The van der Waals surface area contributed by atoms with Gasteiger partial charge in [-0.2, -0.15) is 0 Å². The van der Waals surface area contributed by atoms with E-state index in [1.807, 2.05) is 0 Å². The van der Waals surface area contributed by atoms with Crippen molar-refractivity contribution in [1.29, 1.82) is 0 Å². The van der Waals surface area contributed by atoms with Gasteiger partial charge in [-0.15, -0.1) is 0 Å². The van der Waals surface area contributed by atoms with Gasteiger partial charge in [-0.25, -0.2) is 0 Å². The molecule has 0 aromatic carbocycles. The number of rotatable bonds is 66. The van der Waals surface area contributed by atoms with E-state index >= 15 is 0 Å². The van der Waals surface area contributed by atoms with E-state index < -0.39 is 6.10 Å². The Morgan fingerprint density at radius 1 is 0.253 bits per heavy atom. The summed E-state index contributed by atoms with van der Waals surface area (Å²) < 4.78 is 17.0. The van der Waals surface area contributed by atoms with Crippen LogP contribution in [0.3, 0.4) is 0 Å². The predicted molar refractivity (Wildman–Crippen MR) is 362 cm³/mol. The monoisotopic (exact) mass is 1160 g/mol. The molecule has 0 radical (unpaired) electrons. The van der Waals surface area contributed by atoms with Crippen LogP contribution in [0.4, 0.5) is 0 Å². The summed E-state index contributed by atoms with van der Waals surface area (Å²) in [4.78, 5) is 38.5. The van der Waals surface area contributed by atoms with Crippen LogP contribution in [-0.4, -0.2) is 37.2 Å². The smallest absolute Gasteiger partial charge is 0.306 e. The standard InChI is InChI=1S/C77H136O6/c1-4-7-10-13-16-19-22-25-28-31-34-36-37-38-39-41-43-46-49-52-55-58-61-64-67-70-76(79)82-73-74(72-81-75(78)69-66-63-60-57-54-51-48-45-42-33-30-27-24-21-18-15-12-9-6-3)83-77(80)71-68-65-62-59-56-53-50-47-44-40-35-32-29-26-23-20-17-14-11-8-5-2/h7,10,16,19,25,27-28,30,34,36,38-39,43,46,74H,4-6,8-9,11-15,17-18,20-24,26,29,31-33,35,37,40-42,44-45,47-73H2,1-3H3/b10-7-,19-16-,28-25-,30-27-,36-34-,39-38-,46-43-. The molecular formula is C77H136O6. The molecule has 0 saturated heterocycles. The molecule has 480 valence electrons. The van der Waals surface area contributed by atoms with E-state index in [1.54, 1.807) is 0 Å². The minimum atomic E-state index is -0.785. The molecule has 1 unspecified atom stereocenters. The zero-order valence-electron chi connectivity index (χ0n) is 55.2. The Morgan fingerprint density at radius 3 is 0.747 bits per heavy atom. The van der Waals surface area contributed by atoms with Gasteiger partial charge in [0.15, 0.2) is 6.10 Å². The summed E-state index contributed by atoms with van der Waals surface area (Å²) >= 11 is 0. The van der Waals surface area contributed by atoms with Gasteiger partial charge < -0.3 is 14.2 Å². The van der Waals surface area contributed by atoms with E-state index in [2.05, 4.69) is 106 Å². The fourth-order valence-corrected chi connectivity index (χ4v) is 10.5. The highest BCUT2D eigenvalue weighted by Crippen LogP contribution is 2.18. The first-order valence-electron chi connectivity index (χ1n) is 36.1. The number of carbonyl (C=O) groups excluding carboxylic acids is 3. The first-order chi connectivity index (χ1) is 41.0. The average molecular weight is 1160 g/mol. The van der Waals surface area contributed by atoms with Gasteiger partial charge in [0.05, 0.1) is 0 Å². The van der Waals surface area contributed by atoms with E-state index in [1.165, 1.54) is 225 Å². The molecule has 0 aliphatic heterocycles. The van der Waals surface area contributed by atoms with E-state index in [0.717, 1.165) is 103 Å². The van der Waals surface area contributed by atoms with Gasteiger partial charge in [0.1, 0.15) is 13.2 Å². The molecule has 1 atom stereocenters. The second kappa shape index (κ2) is 71.1. The SMILES string of the molecule is CC/C=C\C/C=C\C/C=C\C/C=C\C/C=C\C/C=C\CCCCCCCCC(=O)OCC(COC(=O)CCCCCCCCCCC/C=C\CCCCCCCC)OC(=O)CCCCCCCCCCCCCCCCCCCCCCC. The molecule has 0 rings (SSSR count). The van der Waals surface area contributed by atoms with Gasteiger partial charge >= 0.3 is 17.9 Å². The Labute approximate surface area is 515 Å². The number of unbranched alkanes of at least 4 members (excludes halogenated alkanes) is 41. The lowest BCUT2D eigenvalue weighted by atomic mass is 10.0. The van der Waals surface area contributed by atoms with Crippen LogP contribution in [0.5, 0.6) is 0 Å². The number of hydrogen-bond donors (Lipinski definition) is 0. The second-order valence-corrected chi connectivity index (χ2v) is 24.1. The molecule has 0 aromatic rings. The molecule has 0 bridgehead atoms. The predicted octanol–water partition coefficient (Wildman–Crippen LogP) is 25.0. The van der Waals surface area contributed by atoms with E-state index in [0.29, 0.717) is 19.3 Å². The summed E-state index contributed by atoms with van der Waals surface area (Å²) in [5.74, 6) is -0.873. The highest BCUT2D eigenvalue weighted by atomic mass is 16.6. The molecule has 0 spiro atoms. The molecule has 0 amide bonds. The molecule has 83 heavy (non-hydrogen) atoms. The van der Waals surface area contributed by atoms with Crippen LogP contribution in [0.2, 0.25) is 0 Å². The summed E-state index contributed by atoms with van der Waals surface area (Å²) in [6, 6.07) is 0. The maximum atomic E-state index is 13.0. The van der Waals surface area contributed by atoms with Crippen molar-refractivity contribution in [3.63, 3.8) is 0 Å². The molecule has 0 fully saturated rings. The lowest BCUT2D eigenvalue weighted by Crippen LogP contribution is -2.30. The Balaban J connectivity index is 4.38. The van der Waals surface area contributed by atoms with Crippen molar-refractivity contribution >= 4 is 17.9 Å². The molecule has 6 nitrogen and oxygen atoms in total. The van der Waals surface area contributed by atoms with E-state index in [4.69, 9.17) is 14.2 Å². The summed E-state index contributed by atoms with van der Waals surface area (Å²) in [6.45, 7) is 6.57. The first-order valence-corrected chi connectivity index (χ1v) is 36.1. The zero-order chi connectivity index (χ0) is 59.9. The van der Waals surface area contributed by atoms with Gasteiger partial charge in [-0.3, -0.25) is 14.4 Å². The molecule has 0 saturated carbocycles. The molecule has 6 heteroatoms. The van der Waals surface area contributed by atoms with Gasteiger partial charge in [0, 0.05) is 19.3 Å². The zero-order valence-corrected chi connectivity index (χ0v) is 55.2. The van der Waals surface area contributed by atoms with Crippen molar-refractivity contribution < 1.29 is 28.6 Å². The minimum Gasteiger partial charge on any atom is -0.462 e. The molecule has 0 N–H and O–H groups in total. The average Bonchev–Trinajstić information content (AvgIpc) is 3.50. The van der Waals surface area contributed by atoms with Crippen LogP contribution in [0, 0.1) is 0 Å². The van der Waals surface area contributed by atoms with Crippen LogP contribution in [-0.2, 0) is 28.6 Å². The van der Waals surface area contributed by atoms with Crippen LogP contribution < -0.4 is 0 Å². The van der Waals surface area contributed by atoms with E-state index in [-0.39, 0.29) is 31.1 Å². The van der Waals surface area contributed by atoms with Crippen LogP contribution in [0.25, 0.3) is 0 Å². The fourth-order valence-electron chi connectivity index (χ4n) is 10.5. The highest BCUT2D eigenvalue weighted by molar-refractivity contribution is 5.71. The third-order valence-corrected chi connectivity index (χ3v) is 15.9. The Kier molecular flexibility index (Phi) is 68.2. The Bertz CT molecular complexity index is 1570. The van der Waals surface area contributed by atoms with Crippen molar-refractivity contribution in [1.82, 2.24) is 0 Å². The lowest BCUT2D eigenvalue weighted by molar-refractivity contribution is -0.167. The molecular weight excluding hydrogens is 1020 g/mol. The van der Waals surface area contributed by atoms with Gasteiger partial charge in [-0.1, -0.05) is 337 Å². The van der Waals surface area contributed by atoms with Gasteiger partial charge in [0.25, 0.3) is 0 Å². The summed E-state index contributed by atoms with van der Waals surface area (Å²) in [5, 5.41) is 0. The summed E-state index contributed by atoms with van der Waals surface area (Å²) in [6.07, 6.45) is 94.6. The fraction of sp³-hybridized carbons (Fsp3) is 0.779. The van der Waals surface area contributed by atoms with Crippen molar-refractivity contribution in [2.75, 3.05) is 13.2 Å². The maximum Gasteiger partial charge on any atom is 0.306 e. The van der Waals surface area contributed by atoms with E-state index in [9.17, 15) is 14.4 Å². The van der Waals surface area contributed by atoms with Crippen LogP contribution >= 0.6 is 0 Å². The minimum absolute atomic E-state index is 0.0787. The Hall–Kier alpha value is -3.41. The van der Waals surface area contributed by atoms with Gasteiger partial charge in [-0.05, 0) is 96.3 Å². The quantitative estimate of drug-likeness (QED) is 0.0261. The number of carbonyl (C=O) groups is 3. The highest BCUT2D eigenvalue weighted by Gasteiger charge is 2.19. The molecule has 0 aliphatic carbocycles. The van der Waals surface area contributed by atoms with Gasteiger partial charge in [0.2, 0.25) is 0 Å². The molecule has 0 aliphatic rings. The number of allylic oxidation sites excluding steroid dienone is 14. The number of hydrogen-bond acceptors (Lipinski definition) is 6. The van der Waals surface area contributed by atoms with Crippen molar-refractivity contribution in [2.45, 2.75) is 374 Å². The summed E-state index contributed by atoms with van der Waals surface area (Å²) in [7, 11) is 0. The molecule has 0 aromatic heterocycles. The van der Waals surface area contributed by atoms with Crippen molar-refractivity contribution in [3.05, 3.63) is 85.1 Å². The van der Waals surface area contributed by atoms with Crippen molar-refractivity contribution in [3.8, 4) is 0 Å². The Morgan fingerprint density at radius 2 is 0.470 bits per heavy atom. The third kappa shape index (κ3) is 69.3. The van der Waals surface area contributed by atoms with Crippen LogP contribution in [0.1, 0.15) is 367 Å². The number of esters is 3. The van der Waals surface area contributed by atoms with Crippen molar-refractivity contribution in [2.24, 2.45) is 0 Å².